The van der Waals surface area contributed by atoms with Crippen LogP contribution in [0.15, 0.2) is 41.6 Å². The van der Waals surface area contributed by atoms with Gasteiger partial charge in [-0.25, -0.2) is 26.8 Å². The zero-order valence-corrected chi connectivity index (χ0v) is 21.4. The fraction of sp³-hybridized carbons (Fsp3) is 0.450. The summed E-state index contributed by atoms with van der Waals surface area (Å²) in [4.78, 5) is 16.3. The lowest BCUT2D eigenvalue weighted by Crippen LogP contribution is -2.40. The highest BCUT2D eigenvalue weighted by Gasteiger charge is 2.24. The number of anilines is 1. The molecule has 1 aromatic carbocycles. The molecule has 3 aromatic rings. The van der Waals surface area contributed by atoms with Gasteiger partial charge in [0.15, 0.2) is 5.69 Å². The summed E-state index contributed by atoms with van der Waals surface area (Å²) >= 11 is 3.07. The first-order valence-corrected chi connectivity index (χ1v) is 13.6. The van der Waals surface area contributed by atoms with Crippen LogP contribution in [0.2, 0.25) is 0 Å². The summed E-state index contributed by atoms with van der Waals surface area (Å²) in [6, 6.07) is 3.93. The molecule has 1 aliphatic rings. The van der Waals surface area contributed by atoms with Crippen LogP contribution in [0.5, 0.6) is 0 Å². The van der Waals surface area contributed by atoms with E-state index in [1.165, 1.54) is 18.2 Å². The second-order valence-corrected chi connectivity index (χ2v) is 10.9. The number of sulfonamides is 1. The normalized spacial score (nSPS) is 15.2. The summed E-state index contributed by atoms with van der Waals surface area (Å²) in [7, 11) is -3.58. The van der Waals surface area contributed by atoms with E-state index in [4.69, 9.17) is 14.9 Å². The van der Waals surface area contributed by atoms with Crippen molar-refractivity contribution in [2.75, 3.05) is 24.2 Å². The number of halogens is 2. The van der Waals surface area contributed by atoms with Crippen LogP contribution in [-0.2, 0) is 10.0 Å². The number of hydrogen-bond acceptors (Lipinski definition) is 10. The minimum Gasteiger partial charge on any atom is -0.369 e. The fourth-order valence-corrected chi connectivity index (χ4v) is 5.74. The average molecular weight is 587 g/mol. The van der Waals surface area contributed by atoms with Crippen LogP contribution in [0.3, 0.4) is 0 Å². The van der Waals surface area contributed by atoms with Crippen LogP contribution in [0.25, 0.3) is 17.2 Å². The van der Waals surface area contributed by atoms with E-state index in [-0.39, 0.29) is 58.2 Å². The van der Waals surface area contributed by atoms with Gasteiger partial charge in [-0.3, -0.25) is 14.2 Å². The first-order chi connectivity index (χ1) is 17.2. The van der Waals surface area contributed by atoms with Crippen molar-refractivity contribution in [2.24, 2.45) is 16.6 Å². The fourth-order valence-electron chi connectivity index (χ4n) is 3.95. The highest BCUT2D eigenvalue weighted by atomic mass is 79.9. The first kappa shape index (κ1) is 25.8. The van der Waals surface area contributed by atoms with Gasteiger partial charge in [0.2, 0.25) is 27.6 Å². The van der Waals surface area contributed by atoms with Crippen LogP contribution in [-0.4, -0.2) is 53.3 Å². The highest BCUT2D eigenvalue weighted by molar-refractivity contribution is 9.10. The Balaban J connectivity index is 1.38. The molecule has 0 amide bonds. The van der Waals surface area contributed by atoms with Gasteiger partial charge in [-0.05, 0) is 63.2 Å². The second kappa shape index (κ2) is 11.2. The number of nitrogens with two attached hydrogens (primary N) is 1. The Morgan fingerprint density at radius 3 is 2.78 bits per heavy atom. The summed E-state index contributed by atoms with van der Waals surface area (Å²) in [5.74, 6) is -1.28. The average Bonchev–Trinajstić information content (AvgIpc) is 3.44. The highest BCUT2D eigenvalue weighted by Crippen LogP contribution is 2.26. The lowest BCUT2D eigenvalue weighted by atomic mass is 9.91. The van der Waals surface area contributed by atoms with Crippen LogP contribution < -0.4 is 21.5 Å². The third-order valence-corrected chi connectivity index (χ3v) is 7.63. The molecule has 194 valence electrons. The van der Waals surface area contributed by atoms with Crippen molar-refractivity contribution < 1.29 is 22.0 Å². The van der Waals surface area contributed by atoms with Gasteiger partial charge in [-0.15, -0.1) is 0 Å². The van der Waals surface area contributed by atoms with Crippen molar-refractivity contribution in [3.63, 3.8) is 0 Å². The molecule has 13 nitrogen and oxygen atoms in total. The second-order valence-electron chi connectivity index (χ2n) is 8.25. The molecule has 16 heteroatoms. The third kappa shape index (κ3) is 6.29. The monoisotopic (exact) mass is 586 g/mol. The van der Waals surface area contributed by atoms with E-state index in [1.807, 2.05) is 0 Å². The molecule has 2 aromatic heterocycles. The lowest BCUT2D eigenvalue weighted by Gasteiger charge is -2.21. The quantitative estimate of drug-likeness (QED) is 0.190. The number of hydrogen-bond donors (Lipinski definition) is 3. The largest absolute Gasteiger partial charge is 0.446 e. The van der Waals surface area contributed by atoms with Crippen molar-refractivity contribution in [3.05, 3.63) is 39.0 Å². The number of guanidine groups is 1. The summed E-state index contributed by atoms with van der Waals surface area (Å²) in [6.07, 6.45) is 5.02. The standard InChI is InChI=1S/C20H24BrFN8O5S/c21-14-10-13(6-7-15(14)22)30-18(28-34-20(30)31)16-17(27-35-26-16)24-8-9-25-19(23)29-36(32,33)11-12-4-2-1-3-5-12/h6-7,10,12H,1-5,8-9,11H2,(H,24,27)(H3,23,25,29). The van der Waals surface area contributed by atoms with E-state index in [9.17, 15) is 17.6 Å². The molecule has 1 aliphatic carbocycles. The maximum absolute atomic E-state index is 13.6. The van der Waals surface area contributed by atoms with Crippen LogP contribution in [0.1, 0.15) is 32.1 Å². The molecule has 1 saturated carbocycles. The van der Waals surface area contributed by atoms with Crippen molar-refractivity contribution in [1.29, 1.82) is 0 Å². The van der Waals surface area contributed by atoms with E-state index in [0.717, 1.165) is 36.7 Å². The van der Waals surface area contributed by atoms with Gasteiger partial charge >= 0.3 is 5.76 Å². The van der Waals surface area contributed by atoms with E-state index in [2.05, 4.69) is 46.4 Å². The van der Waals surface area contributed by atoms with Crippen LogP contribution >= 0.6 is 15.9 Å². The predicted molar refractivity (Wildman–Crippen MR) is 132 cm³/mol. The van der Waals surface area contributed by atoms with Crippen molar-refractivity contribution in [1.82, 2.24) is 24.8 Å². The zero-order chi connectivity index (χ0) is 25.7. The van der Waals surface area contributed by atoms with E-state index in [0.29, 0.717) is 0 Å². The van der Waals surface area contributed by atoms with Gasteiger partial charge in [0, 0.05) is 6.54 Å². The lowest BCUT2D eigenvalue weighted by molar-refractivity contribution is 0.309. The minimum atomic E-state index is -3.58. The van der Waals surface area contributed by atoms with E-state index < -0.39 is 21.6 Å². The molecule has 0 aliphatic heterocycles. The Kier molecular flexibility index (Phi) is 8.03. The molecule has 1 fully saturated rings. The van der Waals surface area contributed by atoms with E-state index in [1.54, 1.807) is 0 Å². The summed E-state index contributed by atoms with van der Waals surface area (Å²) in [6.45, 7) is 0.275. The van der Waals surface area contributed by atoms with Gasteiger partial charge in [-0.2, -0.15) is 0 Å². The molecule has 2 heterocycles. The molecule has 0 radical (unpaired) electrons. The predicted octanol–water partition coefficient (Wildman–Crippen LogP) is 2.00. The first-order valence-electron chi connectivity index (χ1n) is 11.1. The summed E-state index contributed by atoms with van der Waals surface area (Å²) < 4.78 is 51.4. The maximum Gasteiger partial charge on any atom is 0.446 e. The molecule has 0 unspecified atom stereocenters. The van der Waals surface area contributed by atoms with Crippen molar-refractivity contribution >= 4 is 37.7 Å². The number of aromatic nitrogens is 4. The van der Waals surface area contributed by atoms with Crippen molar-refractivity contribution in [2.45, 2.75) is 32.1 Å². The van der Waals surface area contributed by atoms with Gasteiger partial charge in [-0.1, -0.05) is 24.4 Å². The number of aliphatic imine (C=N–C) groups is 1. The Morgan fingerprint density at radius 2 is 2.03 bits per heavy atom. The molecule has 0 saturated heterocycles. The van der Waals surface area contributed by atoms with Crippen LogP contribution in [0, 0.1) is 11.7 Å². The molecule has 36 heavy (non-hydrogen) atoms. The molecular weight excluding hydrogens is 563 g/mol. The number of nitrogens with one attached hydrogen (secondary N) is 2. The maximum atomic E-state index is 13.6. The van der Waals surface area contributed by atoms with Crippen molar-refractivity contribution in [3.8, 4) is 17.2 Å². The number of rotatable bonds is 9. The van der Waals surface area contributed by atoms with E-state index >= 15 is 0 Å². The Morgan fingerprint density at radius 1 is 1.25 bits per heavy atom. The van der Waals surface area contributed by atoms with Gasteiger partial charge in [0.05, 0.1) is 22.5 Å². The number of benzene rings is 1. The smallest absolute Gasteiger partial charge is 0.369 e. The molecule has 0 bridgehead atoms. The number of nitrogens with zero attached hydrogens (tertiary/aromatic N) is 5. The van der Waals surface area contributed by atoms with Gasteiger partial charge in [0.25, 0.3) is 0 Å². The third-order valence-electron chi connectivity index (χ3n) is 5.59. The van der Waals surface area contributed by atoms with Gasteiger partial charge < -0.3 is 11.1 Å². The summed E-state index contributed by atoms with van der Waals surface area (Å²) in [5.41, 5.74) is 6.09. The minimum absolute atomic E-state index is 0.0271. The Hall–Kier alpha value is -3.27. The van der Waals surface area contributed by atoms with Gasteiger partial charge in [0.1, 0.15) is 5.82 Å². The molecule has 4 rings (SSSR count). The van der Waals surface area contributed by atoms with Crippen LogP contribution in [0.4, 0.5) is 10.2 Å². The Labute approximate surface area is 213 Å². The zero-order valence-electron chi connectivity index (χ0n) is 19.0. The molecular formula is C20H24BrFN8O5S. The molecule has 0 atom stereocenters. The molecule has 0 spiro atoms. The Bertz CT molecular complexity index is 1400. The topological polar surface area (TPSA) is 184 Å². The molecule has 4 N–H and O–H groups in total. The summed E-state index contributed by atoms with van der Waals surface area (Å²) in [5, 5.41) is 14.2. The SMILES string of the molecule is NC(=NCCNc1nonc1-c1noc(=O)n1-c1ccc(F)c(Br)c1)NS(=O)(=O)CC1CCCCC1.